The number of hydrogen-bond donors (Lipinski definition) is 1. The Hall–Kier alpha value is -0.940. The summed E-state index contributed by atoms with van der Waals surface area (Å²) in [6, 6.07) is 0. The van der Waals surface area contributed by atoms with Gasteiger partial charge in [0.2, 0.25) is 4.96 Å². The number of hydrogen-bond acceptors (Lipinski definition) is 4. The van der Waals surface area contributed by atoms with E-state index in [1.165, 1.54) is 0 Å². The van der Waals surface area contributed by atoms with Crippen LogP contribution in [0.15, 0.2) is 0 Å². The number of imidazole rings is 1. The zero-order valence-corrected chi connectivity index (χ0v) is 9.43. The van der Waals surface area contributed by atoms with Gasteiger partial charge in [0.25, 0.3) is 0 Å². The van der Waals surface area contributed by atoms with Gasteiger partial charge >= 0.3 is 0 Å². The van der Waals surface area contributed by atoms with Crippen LogP contribution >= 0.6 is 11.3 Å². The fraction of sp³-hybridized carbons (Fsp3) is 0.556. The molecule has 4 nitrogen and oxygen atoms in total. The molecule has 0 aromatic carbocycles. The van der Waals surface area contributed by atoms with Crippen molar-refractivity contribution in [2.75, 3.05) is 0 Å². The lowest BCUT2D eigenvalue weighted by molar-refractivity contribution is 0.775. The van der Waals surface area contributed by atoms with E-state index in [1.807, 2.05) is 11.4 Å². The average molecular weight is 210 g/mol. The zero-order valence-electron chi connectivity index (χ0n) is 8.61. The molecule has 0 fully saturated rings. The first-order chi connectivity index (χ1) is 6.63. The molecule has 5 heteroatoms. The van der Waals surface area contributed by atoms with Gasteiger partial charge in [-0.1, -0.05) is 25.2 Å². The highest BCUT2D eigenvalue weighted by Gasteiger charge is 2.13. The first-order valence-electron chi connectivity index (χ1n) is 4.68. The molecule has 0 saturated heterocycles. The normalized spacial score (nSPS) is 11.8. The summed E-state index contributed by atoms with van der Waals surface area (Å²) in [6.45, 7) is 6.73. The molecule has 2 heterocycles. The minimum Gasteiger partial charge on any atom is -0.325 e. The fourth-order valence-electron chi connectivity index (χ4n) is 1.37. The molecule has 0 aliphatic rings. The molecular formula is C9H14N4S. The number of rotatable bonds is 2. The first kappa shape index (κ1) is 9.61. The highest BCUT2D eigenvalue weighted by Crippen LogP contribution is 2.23. The first-order valence-corrected chi connectivity index (χ1v) is 5.50. The van der Waals surface area contributed by atoms with Gasteiger partial charge in [-0.05, 0) is 6.92 Å². The largest absolute Gasteiger partial charge is 0.325 e. The van der Waals surface area contributed by atoms with Crippen LogP contribution in [0.25, 0.3) is 4.96 Å². The molecule has 0 radical (unpaired) electrons. The molecule has 2 rings (SSSR count). The topological polar surface area (TPSA) is 56.2 Å². The summed E-state index contributed by atoms with van der Waals surface area (Å²) in [7, 11) is 0. The summed E-state index contributed by atoms with van der Waals surface area (Å²) < 4.78 is 1.87. The van der Waals surface area contributed by atoms with E-state index in [2.05, 4.69) is 23.9 Å². The minimum atomic E-state index is 0.452. The number of aromatic nitrogens is 3. The Bertz CT molecular complexity index is 455. The molecule has 2 aromatic rings. The third-order valence-electron chi connectivity index (χ3n) is 2.20. The summed E-state index contributed by atoms with van der Waals surface area (Å²) in [4.78, 5) is 5.38. The van der Waals surface area contributed by atoms with Crippen LogP contribution in [0, 0.1) is 6.92 Å². The molecular weight excluding hydrogens is 196 g/mol. The lowest BCUT2D eigenvalue weighted by Gasteiger charge is -1.96. The Balaban J connectivity index is 2.62. The maximum atomic E-state index is 5.65. The van der Waals surface area contributed by atoms with Gasteiger partial charge in [0.15, 0.2) is 0 Å². The molecule has 0 aliphatic heterocycles. The van der Waals surface area contributed by atoms with Crippen LogP contribution < -0.4 is 5.73 Å². The smallest absolute Gasteiger partial charge is 0.212 e. The monoisotopic (exact) mass is 210 g/mol. The molecule has 2 N–H and O–H groups in total. The van der Waals surface area contributed by atoms with Gasteiger partial charge in [0.1, 0.15) is 5.01 Å². The molecule has 0 amide bonds. The van der Waals surface area contributed by atoms with Crippen LogP contribution in [0.3, 0.4) is 0 Å². The predicted octanol–water partition coefficient (Wildman–Crippen LogP) is 1.68. The quantitative estimate of drug-likeness (QED) is 0.820. The Morgan fingerprint density at radius 1 is 1.50 bits per heavy atom. The van der Waals surface area contributed by atoms with E-state index in [4.69, 9.17) is 5.73 Å². The van der Waals surface area contributed by atoms with Crippen LogP contribution in [0.4, 0.5) is 0 Å². The molecule has 0 atom stereocenters. The summed E-state index contributed by atoms with van der Waals surface area (Å²) >= 11 is 1.64. The highest BCUT2D eigenvalue weighted by atomic mass is 32.1. The van der Waals surface area contributed by atoms with E-state index in [1.54, 1.807) is 11.3 Å². The summed E-state index contributed by atoms with van der Waals surface area (Å²) in [6.07, 6.45) is 0. The van der Waals surface area contributed by atoms with E-state index in [-0.39, 0.29) is 0 Å². The van der Waals surface area contributed by atoms with Crippen molar-refractivity contribution >= 4 is 16.3 Å². The second-order valence-electron chi connectivity index (χ2n) is 3.64. The number of aryl methyl sites for hydroxylation is 1. The lowest BCUT2D eigenvalue weighted by atomic mass is 10.2. The van der Waals surface area contributed by atoms with E-state index < -0.39 is 0 Å². The van der Waals surface area contributed by atoms with Crippen molar-refractivity contribution < 1.29 is 0 Å². The Morgan fingerprint density at radius 3 is 2.79 bits per heavy atom. The van der Waals surface area contributed by atoms with E-state index in [9.17, 15) is 0 Å². The van der Waals surface area contributed by atoms with E-state index in [0.29, 0.717) is 12.5 Å². The van der Waals surface area contributed by atoms with Crippen LogP contribution in [0.1, 0.15) is 36.2 Å². The van der Waals surface area contributed by atoms with Crippen molar-refractivity contribution in [1.82, 2.24) is 14.6 Å². The van der Waals surface area contributed by atoms with Crippen LogP contribution in [-0.4, -0.2) is 14.6 Å². The maximum Gasteiger partial charge on any atom is 0.212 e. The van der Waals surface area contributed by atoms with Gasteiger partial charge in [-0.25, -0.2) is 9.50 Å². The standard InChI is InChI=1S/C9H14N4S/c1-5(2)8-12-13-7(4-10)6(3)11-9(13)14-8/h5H,4,10H2,1-3H3. The van der Waals surface area contributed by atoms with Crippen molar-refractivity contribution in [1.29, 1.82) is 0 Å². The summed E-state index contributed by atoms with van der Waals surface area (Å²) in [5.74, 6) is 0.452. The van der Waals surface area contributed by atoms with Crippen molar-refractivity contribution in [3.05, 3.63) is 16.4 Å². The number of fused-ring (bicyclic) bond motifs is 1. The van der Waals surface area contributed by atoms with Gasteiger partial charge in [-0.2, -0.15) is 5.10 Å². The molecule has 0 aliphatic carbocycles. The number of nitrogens with zero attached hydrogens (tertiary/aromatic N) is 3. The van der Waals surface area contributed by atoms with Gasteiger partial charge in [0, 0.05) is 12.5 Å². The second kappa shape index (κ2) is 3.33. The molecule has 0 saturated carbocycles. The third-order valence-corrected chi connectivity index (χ3v) is 3.41. The van der Waals surface area contributed by atoms with Crippen molar-refractivity contribution in [2.24, 2.45) is 5.73 Å². The number of nitrogens with two attached hydrogens (primary N) is 1. The third kappa shape index (κ3) is 1.33. The zero-order chi connectivity index (χ0) is 10.3. The van der Waals surface area contributed by atoms with Crippen LogP contribution in [0.2, 0.25) is 0 Å². The predicted molar refractivity (Wildman–Crippen MR) is 57.6 cm³/mol. The minimum absolute atomic E-state index is 0.452. The van der Waals surface area contributed by atoms with Crippen LogP contribution in [0.5, 0.6) is 0 Å². The maximum absolute atomic E-state index is 5.65. The van der Waals surface area contributed by atoms with Crippen molar-refractivity contribution in [3.8, 4) is 0 Å². The lowest BCUT2D eigenvalue weighted by Crippen LogP contribution is -2.03. The van der Waals surface area contributed by atoms with Gasteiger partial charge in [-0.3, -0.25) is 0 Å². The Labute approximate surface area is 86.8 Å². The molecule has 0 spiro atoms. The summed E-state index contributed by atoms with van der Waals surface area (Å²) in [5.41, 5.74) is 7.65. The Kier molecular flexibility index (Phi) is 2.28. The highest BCUT2D eigenvalue weighted by molar-refractivity contribution is 7.16. The SMILES string of the molecule is Cc1nc2sc(C(C)C)nn2c1CN. The molecule has 76 valence electrons. The molecule has 2 aromatic heterocycles. The molecule has 0 bridgehead atoms. The van der Waals surface area contributed by atoms with Crippen molar-refractivity contribution in [3.63, 3.8) is 0 Å². The van der Waals surface area contributed by atoms with Gasteiger partial charge in [-0.15, -0.1) is 0 Å². The second-order valence-corrected chi connectivity index (χ2v) is 4.62. The Morgan fingerprint density at radius 2 is 2.21 bits per heavy atom. The van der Waals surface area contributed by atoms with E-state index >= 15 is 0 Å². The molecule has 0 unspecified atom stereocenters. The fourth-order valence-corrected chi connectivity index (χ4v) is 2.34. The van der Waals surface area contributed by atoms with Crippen LogP contribution in [-0.2, 0) is 6.54 Å². The average Bonchev–Trinajstić information content (AvgIpc) is 2.60. The van der Waals surface area contributed by atoms with Crippen molar-refractivity contribution in [2.45, 2.75) is 33.2 Å². The van der Waals surface area contributed by atoms with Gasteiger partial charge < -0.3 is 5.73 Å². The van der Waals surface area contributed by atoms with Gasteiger partial charge in [0.05, 0.1) is 11.4 Å². The summed E-state index contributed by atoms with van der Waals surface area (Å²) in [5, 5.41) is 5.61. The van der Waals surface area contributed by atoms with E-state index in [0.717, 1.165) is 21.4 Å². The molecule has 14 heavy (non-hydrogen) atoms.